The van der Waals surface area contributed by atoms with E-state index >= 15 is 0 Å². The van der Waals surface area contributed by atoms with E-state index in [0.717, 1.165) is 124 Å². The molecule has 5 amide bonds. The number of halogens is 3. The Morgan fingerprint density at radius 2 is 0.866 bits per heavy atom. The summed E-state index contributed by atoms with van der Waals surface area (Å²) in [6.07, 6.45) is 7.72. The highest BCUT2D eigenvalue weighted by Gasteiger charge is 2.32. The maximum Gasteiger partial charge on any atom is 0.416 e. The number of H-pyrrole nitrogens is 1. The van der Waals surface area contributed by atoms with E-state index in [0.29, 0.717) is 19.6 Å². The number of carbonyl (C=O) groups excluding carboxylic acids is 3. The lowest BCUT2D eigenvalue weighted by Gasteiger charge is -2.29. The van der Waals surface area contributed by atoms with Gasteiger partial charge in [0, 0.05) is 242 Å². The molecule has 6 heterocycles. The summed E-state index contributed by atoms with van der Waals surface area (Å²) in [5, 5.41) is 40.2. The zero-order valence-corrected chi connectivity index (χ0v) is 86.1. The number of alkyl halides is 3. The second kappa shape index (κ2) is 58.4. The third-order valence-corrected chi connectivity index (χ3v) is 26.2. The van der Waals surface area contributed by atoms with E-state index in [2.05, 4.69) is 170 Å². The van der Waals surface area contributed by atoms with E-state index in [4.69, 9.17) is 0 Å². The SMILES string of the molecule is CCNS(=O)(=O)c1cccc(NC)c1.CCNS(=O)(=O)c1cccc(NC)c1.CCNS(=O)(=O)c1cccc(NC)c1.CCc1cccc(-c2cnc[nH]2)c1.CNC(=O)c1cc(NC)cc(C(F)(F)F)c1.CNc1cccc(-c2ccn(C)n2)c1.CNc1cccc(-c2ncnn2C)c1.CNc1cccc(N2CCCCC2)c1.CNc1cccc(N2CCN(C)C2=O)c1.CNc1cccc(N2CCNC2=O)c1. The van der Waals surface area contributed by atoms with Gasteiger partial charge in [0.25, 0.3) is 5.91 Å². The van der Waals surface area contributed by atoms with Crippen LogP contribution in [0.25, 0.3) is 33.9 Å². The van der Waals surface area contributed by atoms with Crippen LogP contribution in [0, 0.1) is 0 Å². The number of carbonyl (C=O) groups is 3. The van der Waals surface area contributed by atoms with Crippen LogP contribution in [0.15, 0.2) is 282 Å². The lowest BCUT2D eigenvalue weighted by atomic mass is 10.1. The lowest BCUT2D eigenvalue weighted by molar-refractivity contribution is -0.137. The Labute approximate surface area is 833 Å². The van der Waals surface area contributed by atoms with E-state index in [9.17, 15) is 52.8 Å². The molecule has 40 heteroatoms. The molecule has 0 spiro atoms. The Bertz CT molecular complexity index is 6240. The van der Waals surface area contributed by atoms with E-state index in [1.807, 2.05) is 178 Å². The van der Waals surface area contributed by atoms with Crippen LogP contribution in [0.5, 0.6) is 0 Å². The smallest absolute Gasteiger partial charge is 0.388 e. The van der Waals surface area contributed by atoms with Crippen LogP contribution in [0.4, 0.5) is 91.0 Å². The van der Waals surface area contributed by atoms with Gasteiger partial charge in [0.1, 0.15) is 6.33 Å². The largest absolute Gasteiger partial charge is 0.416 e. The van der Waals surface area contributed by atoms with Crippen LogP contribution in [0.3, 0.4) is 0 Å². The van der Waals surface area contributed by atoms with Gasteiger partial charge >= 0.3 is 18.2 Å². The molecule has 0 atom stereocenters. The highest BCUT2D eigenvalue weighted by atomic mass is 32.2. The van der Waals surface area contributed by atoms with Crippen LogP contribution in [0.2, 0.25) is 0 Å². The predicted octanol–water partition coefficient (Wildman–Crippen LogP) is 17.1. The summed E-state index contributed by atoms with van der Waals surface area (Å²) in [6, 6.07) is 74.3. The summed E-state index contributed by atoms with van der Waals surface area (Å²) in [5.41, 5.74) is 17.2. The van der Waals surface area contributed by atoms with Crippen molar-refractivity contribution in [1.29, 1.82) is 0 Å². The van der Waals surface area contributed by atoms with E-state index < -0.39 is 47.7 Å². The molecule has 3 aliphatic heterocycles. The number of nitrogens with zero attached hydrogens (tertiary/aromatic N) is 10. The quantitative estimate of drug-likeness (QED) is 0.0239. The van der Waals surface area contributed by atoms with Crippen molar-refractivity contribution in [2.75, 3.05) is 199 Å². The average molecular weight is 2010 g/mol. The highest BCUT2D eigenvalue weighted by molar-refractivity contribution is 7.90. The summed E-state index contributed by atoms with van der Waals surface area (Å²) in [5.74, 6) is 0.324. The Balaban J connectivity index is 0.000000214. The third kappa shape index (κ3) is 36.5. The molecule has 16 rings (SSSR count). The van der Waals surface area contributed by atoms with E-state index in [1.165, 1.54) is 75.0 Å². The number of aromatic amines is 1. The third-order valence-electron chi connectivity index (χ3n) is 21.6. The normalized spacial score (nSPS) is 12.4. The molecule has 0 saturated carbocycles. The first-order valence-corrected chi connectivity index (χ1v) is 50.6. The fraction of sp³-hybridized carbons (Fsp3) is 0.304. The van der Waals surface area contributed by atoms with Gasteiger partial charge in [0.2, 0.25) is 30.1 Å². The number of hydrogen-bond acceptors (Lipinski definition) is 23. The topological polar surface area (TPSA) is 412 Å². The molecule has 762 valence electrons. The number of rotatable bonds is 26. The standard InChI is InChI=1S/C12H18N2.C11H15N3O.C11H13N3.C11H12N2.C10H11F3N2O.C10H12N4.C10H13N3O.3C9H14N2O2S/c1-13-11-6-5-7-12(10-11)14-8-3-2-4-9-14;1-12-9-4-3-5-10(8-9)14-7-6-13(2)11(14)15;1-12-10-5-3-4-9(8-10)11-6-7-14(2)13-11;1-2-9-4-3-5-10(6-9)11-7-12-8-13-11;1-14-8-4-6(9(16)15-2)3-7(5-8)10(11,12)13;1-11-9-5-3-4-8(6-9)10-12-7-13-14(10)2;1-11-8-3-2-4-9(7-8)13-6-5-12-10(13)14;3*1-3-11-14(12,13)9-6-4-5-8(7-9)10-2/h5-7,10,13H,2-4,8-9H2,1H3;3-5,8,12H,6-7H2,1-2H3;3-8,12H,1-2H3;3-8H,2H2,1H3,(H,12,13);3-5,14H,1-2H3,(H,15,16);3-7,11H,1-2H3;2-4,7,11H,5-6H2,1H3,(H,12,14);3*4-7,10-11H,3H2,1-2H3. The van der Waals surface area contributed by atoms with Crippen molar-refractivity contribution >= 4 is 116 Å². The molecule has 142 heavy (non-hydrogen) atoms. The first-order chi connectivity index (χ1) is 68.1. The molecule has 3 aromatic heterocycles. The fourth-order valence-corrected chi connectivity index (χ4v) is 17.2. The molecule has 0 aliphatic carbocycles. The van der Waals surface area contributed by atoms with Crippen molar-refractivity contribution in [3.8, 4) is 33.9 Å². The summed E-state index contributed by atoms with van der Waals surface area (Å²) in [7, 11) is 13.2. The fourth-order valence-electron chi connectivity index (χ4n) is 13.9. The molecule has 0 unspecified atom stereocenters. The zero-order valence-electron chi connectivity index (χ0n) is 83.6. The number of urea groups is 2. The van der Waals surface area contributed by atoms with Gasteiger partial charge in [-0.2, -0.15) is 23.4 Å². The van der Waals surface area contributed by atoms with Gasteiger partial charge in [-0.05, 0) is 201 Å². The van der Waals surface area contributed by atoms with Gasteiger partial charge in [-0.15, -0.1) is 0 Å². The molecule has 34 nitrogen and oxygen atoms in total. The van der Waals surface area contributed by atoms with E-state index in [-0.39, 0.29) is 38.0 Å². The highest BCUT2D eigenvalue weighted by Crippen LogP contribution is 2.33. The van der Waals surface area contributed by atoms with Crippen molar-refractivity contribution in [3.63, 3.8) is 0 Å². The number of hydrogen-bond donors (Lipinski definition) is 15. The number of benzene rings is 10. The predicted molar refractivity (Wildman–Crippen MR) is 573 cm³/mol. The summed E-state index contributed by atoms with van der Waals surface area (Å²) < 4.78 is 118. The number of aromatic nitrogens is 7. The number of aryl methyl sites for hydroxylation is 3. The van der Waals surface area contributed by atoms with Crippen LogP contribution >= 0.6 is 0 Å². The molecule has 3 aliphatic rings. The molecule has 13 aromatic rings. The summed E-state index contributed by atoms with van der Waals surface area (Å²) in [4.78, 5) is 54.2. The van der Waals surface area contributed by atoms with Gasteiger partial charge in [0.05, 0.1) is 44.2 Å². The van der Waals surface area contributed by atoms with Gasteiger partial charge in [0.15, 0.2) is 5.82 Å². The number of piperidine rings is 1. The number of imidazole rings is 1. The van der Waals surface area contributed by atoms with Crippen LogP contribution in [-0.2, 0) is 56.8 Å². The second-order valence-corrected chi connectivity index (χ2v) is 36.7. The van der Waals surface area contributed by atoms with Crippen molar-refractivity contribution in [2.24, 2.45) is 14.1 Å². The number of amides is 5. The molecule has 0 bridgehead atoms. The number of sulfonamides is 3. The minimum atomic E-state index is -4.46. The Morgan fingerprint density at radius 1 is 0.437 bits per heavy atom. The zero-order chi connectivity index (χ0) is 104. The van der Waals surface area contributed by atoms with Gasteiger partial charge in [-0.1, -0.05) is 107 Å². The number of nitrogens with one attached hydrogen (secondary N) is 15. The van der Waals surface area contributed by atoms with Gasteiger partial charge in [-0.3, -0.25) is 19.3 Å². The first-order valence-electron chi connectivity index (χ1n) is 46.2. The Morgan fingerprint density at radius 3 is 1.27 bits per heavy atom. The van der Waals surface area contributed by atoms with Crippen molar-refractivity contribution in [2.45, 2.75) is 74.2 Å². The summed E-state index contributed by atoms with van der Waals surface area (Å²) in [6.45, 7) is 14.1. The Kier molecular flexibility index (Phi) is 47.0. The summed E-state index contributed by atoms with van der Waals surface area (Å²) >= 11 is 0. The minimum absolute atomic E-state index is 0.0155. The monoisotopic (exact) mass is 2010 g/mol. The van der Waals surface area contributed by atoms with Crippen LogP contribution in [0.1, 0.15) is 68.4 Å². The van der Waals surface area contributed by atoms with Crippen LogP contribution < -0.4 is 87.4 Å². The number of likely N-dealkylation sites (N-methyl/N-ethyl adjacent to an activating group) is 1. The van der Waals surface area contributed by atoms with Crippen molar-refractivity contribution in [1.82, 2.24) is 64.2 Å². The molecular weight excluding hydrogens is 1870 g/mol. The molecule has 3 saturated heterocycles. The Hall–Kier alpha value is -14.7. The average Bonchev–Trinajstić information content (AvgIpc) is 1.71. The van der Waals surface area contributed by atoms with E-state index in [1.54, 1.807) is 133 Å². The molecule has 3 fully saturated rings. The van der Waals surface area contributed by atoms with Gasteiger partial charge in [-0.25, -0.2) is 63.7 Å². The first kappa shape index (κ1) is 114. The molecule has 0 radical (unpaired) electrons. The minimum Gasteiger partial charge on any atom is -0.388 e. The molecule has 10 aromatic carbocycles. The number of anilines is 12. The van der Waals surface area contributed by atoms with Gasteiger partial charge < -0.3 is 73.3 Å². The molecular formula is C102H136F3N25O9S3. The van der Waals surface area contributed by atoms with Crippen LogP contribution in [-0.4, -0.2) is 219 Å². The maximum atomic E-state index is 12.5. The van der Waals surface area contributed by atoms with Crippen molar-refractivity contribution in [3.05, 3.63) is 284 Å². The second-order valence-electron chi connectivity index (χ2n) is 31.4. The molecule has 15 N–H and O–H groups in total. The lowest BCUT2D eigenvalue weighted by Crippen LogP contribution is -2.29. The maximum absolute atomic E-state index is 12.5. The van der Waals surface area contributed by atoms with Crippen molar-refractivity contribution < 1.29 is 52.8 Å².